The van der Waals surface area contributed by atoms with Gasteiger partial charge >= 0.3 is 0 Å². The Morgan fingerprint density at radius 2 is 2.00 bits per heavy atom. The number of halogens is 1. The molecule has 126 valence electrons. The number of carbonyl (C=O) groups excluding carboxylic acids is 1. The SMILES string of the molecule is O=C(CCCCCCN1OS/C(=C\c2ccc(Cl)cc2)O1)NO. The second-order valence-corrected chi connectivity index (χ2v) is 6.17. The van der Waals surface area contributed by atoms with E-state index in [1.807, 2.05) is 30.3 Å². The molecule has 2 N–H and O–H groups in total. The molecule has 1 amide bonds. The van der Waals surface area contributed by atoms with Crippen LogP contribution >= 0.6 is 23.6 Å². The molecule has 0 unspecified atom stereocenters. The molecule has 0 aliphatic carbocycles. The number of amides is 1. The first-order chi connectivity index (χ1) is 11.2. The first kappa shape index (κ1) is 18.1. The summed E-state index contributed by atoms with van der Waals surface area (Å²) in [6.45, 7) is 0.650. The number of nitrogens with zero attached hydrogens (tertiary/aromatic N) is 1. The lowest BCUT2D eigenvalue weighted by Gasteiger charge is -2.10. The molecule has 1 aliphatic rings. The van der Waals surface area contributed by atoms with Gasteiger partial charge in [-0.2, -0.15) is 4.28 Å². The van der Waals surface area contributed by atoms with Gasteiger partial charge in [0.15, 0.2) is 0 Å². The zero-order valence-electron chi connectivity index (χ0n) is 12.5. The van der Waals surface area contributed by atoms with Crippen LogP contribution in [0.3, 0.4) is 0 Å². The molecule has 23 heavy (non-hydrogen) atoms. The Kier molecular flexibility index (Phi) is 7.70. The van der Waals surface area contributed by atoms with Gasteiger partial charge in [0, 0.05) is 11.4 Å². The van der Waals surface area contributed by atoms with Crippen LogP contribution in [0.15, 0.2) is 29.4 Å². The number of hydrogen-bond donors (Lipinski definition) is 2. The van der Waals surface area contributed by atoms with E-state index in [1.165, 1.54) is 17.3 Å². The van der Waals surface area contributed by atoms with Gasteiger partial charge in [-0.15, -0.1) is 0 Å². The molecule has 0 bridgehead atoms. The topological polar surface area (TPSA) is 71.0 Å². The van der Waals surface area contributed by atoms with Gasteiger partial charge < -0.3 is 4.84 Å². The molecule has 1 aromatic carbocycles. The number of unbranched alkanes of at least 4 members (excludes halogenated alkanes) is 3. The molecule has 1 fully saturated rings. The molecular formula is C15H19ClN2O4S. The molecule has 1 aromatic rings. The third kappa shape index (κ3) is 6.80. The molecule has 1 heterocycles. The van der Waals surface area contributed by atoms with Gasteiger partial charge in [0.1, 0.15) is 0 Å². The lowest BCUT2D eigenvalue weighted by molar-refractivity contribution is -0.259. The highest BCUT2D eigenvalue weighted by Gasteiger charge is 2.20. The van der Waals surface area contributed by atoms with Gasteiger partial charge in [-0.25, -0.2) is 5.48 Å². The summed E-state index contributed by atoms with van der Waals surface area (Å²) < 4.78 is 5.36. The molecule has 0 spiro atoms. The van der Waals surface area contributed by atoms with Crippen molar-refractivity contribution >= 4 is 35.6 Å². The smallest absolute Gasteiger partial charge is 0.243 e. The zero-order valence-corrected chi connectivity index (χ0v) is 14.1. The molecule has 1 saturated heterocycles. The third-order valence-electron chi connectivity index (χ3n) is 3.17. The number of hydroxylamine groups is 3. The van der Waals surface area contributed by atoms with E-state index in [0.717, 1.165) is 31.2 Å². The van der Waals surface area contributed by atoms with Crippen LogP contribution in [0.5, 0.6) is 0 Å². The van der Waals surface area contributed by atoms with Crippen molar-refractivity contribution < 1.29 is 19.1 Å². The van der Waals surface area contributed by atoms with Gasteiger partial charge in [0.05, 0.1) is 18.6 Å². The maximum Gasteiger partial charge on any atom is 0.243 e. The zero-order chi connectivity index (χ0) is 16.5. The Balaban J connectivity index is 1.62. The van der Waals surface area contributed by atoms with Gasteiger partial charge in [0.25, 0.3) is 0 Å². The average Bonchev–Trinajstić information content (AvgIpc) is 3.00. The van der Waals surface area contributed by atoms with Gasteiger partial charge in [-0.3, -0.25) is 10.0 Å². The number of carbonyl (C=O) groups is 1. The van der Waals surface area contributed by atoms with Crippen LogP contribution in [-0.4, -0.2) is 22.9 Å². The molecule has 0 atom stereocenters. The van der Waals surface area contributed by atoms with Gasteiger partial charge in [0.2, 0.25) is 11.0 Å². The minimum absolute atomic E-state index is 0.343. The van der Waals surface area contributed by atoms with Crippen molar-refractivity contribution in [2.75, 3.05) is 6.54 Å². The second kappa shape index (κ2) is 9.79. The molecule has 1 aliphatic heterocycles. The summed E-state index contributed by atoms with van der Waals surface area (Å²) in [5.41, 5.74) is 2.62. The highest BCUT2D eigenvalue weighted by Crippen LogP contribution is 2.31. The number of benzene rings is 1. The van der Waals surface area contributed by atoms with Crippen molar-refractivity contribution in [1.29, 1.82) is 0 Å². The van der Waals surface area contributed by atoms with Crippen molar-refractivity contribution in [3.05, 3.63) is 39.9 Å². The summed E-state index contributed by atoms with van der Waals surface area (Å²) in [4.78, 5) is 16.4. The molecule has 2 rings (SSSR count). The standard InChI is InChI=1S/C15H19ClN2O4S/c16-13-8-6-12(7-9-13)11-15-21-18(22-23-15)10-4-2-1-3-5-14(19)17-20/h6-9,11,20H,1-5,10H2,(H,17,19)/b15-11-. The molecular weight excluding hydrogens is 340 g/mol. The Bertz CT molecular complexity index is 539. The van der Waals surface area contributed by atoms with Crippen molar-refractivity contribution in [3.63, 3.8) is 0 Å². The maximum absolute atomic E-state index is 10.8. The van der Waals surface area contributed by atoms with Crippen molar-refractivity contribution in [2.45, 2.75) is 32.1 Å². The molecule has 8 heteroatoms. The summed E-state index contributed by atoms with van der Waals surface area (Å²) in [6.07, 6.45) is 5.76. The molecule has 6 nitrogen and oxygen atoms in total. The van der Waals surface area contributed by atoms with E-state index in [-0.39, 0.29) is 5.91 Å². The van der Waals surface area contributed by atoms with E-state index >= 15 is 0 Å². The normalized spacial score (nSPS) is 16.5. The van der Waals surface area contributed by atoms with E-state index in [1.54, 1.807) is 5.48 Å². The molecule has 0 saturated carbocycles. The van der Waals surface area contributed by atoms with Crippen LogP contribution in [0, 0.1) is 0 Å². The summed E-state index contributed by atoms with van der Waals surface area (Å²) in [7, 11) is 0. The predicted octanol–water partition coefficient (Wildman–Crippen LogP) is 3.92. The summed E-state index contributed by atoms with van der Waals surface area (Å²) >= 11 is 7.02. The summed E-state index contributed by atoms with van der Waals surface area (Å²) in [5, 5.41) is 11.2. The number of rotatable bonds is 8. The third-order valence-corrected chi connectivity index (χ3v) is 4.02. The van der Waals surface area contributed by atoms with Crippen molar-refractivity contribution in [1.82, 2.24) is 10.7 Å². The van der Waals surface area contributed by atoms with E-state index in [4.69, 9.17) is 25.9 Å². The highest BCUT2D eigenvalue weighted by atomic mass is 35.5. The lowest BCUT2D eigenvalue weighted by atomic mass is 10.1. The van der Waals surface area contributed by atoms with E-state index in [0.29, 0.717) is 23.1 Å². The van der Waals surface area contributed by atoms with E-state index in [9.17, 15) is 4.79 Å². The first-order valence-electron chi connectivity index (χ1n) is 7.38. The van der Waals surface area contributed by atoms with Gasteiger partial charge in [-0.05, 0) is 41.8 Å². The van der Waals surface area contributed by atoms with E-state index < -0.39 is 0 Å². The van der Waals surface area contributed by atoms with Crippen LogP contribution < -0.4 is 5.48 Å². The second-order valence-electron chi connectivity index (χ2n) is 5.02. The summed E-state index contributed by atoms with van der Waals surface area (Å²) in [5.74, 6) is -0.343. The number of nitrogens with one attached hydrogen (secondary N) is 1. The summed E-state index contributed by atoms with van der Waals surface area (Å²) in [6, 6.07) is 7.46. The highest BCUT2D eigenvalue weighted by molar-refractivity contribution is 7.98. The van der Waals surface area contributed by atoms with Crippen LogP contribution in [0.1, 0.15) is 37.7 Å². The van der Waals surface area contributed by atoms with Crippen molar-refractivity contribution in [3.8, 4) is 0 Å². The van der Waals surface area contributed by atoms with Crippen LogP contribution in [-0.2, 0) is 13.9 Å². The maximum atomic E-state index is 10.8. The fourth-order valence-electron chi connectivity index (χ4n) is 1.97. The van der Waals surface area contributed by atoms with Crippen LogP contribution in [0.4, 0.5) is 0 Å². The monoisotopic (exact) mass is 358 g/mol. The van der Waals surface area contributed by atoms with Gasteiger partial charge in [-0.1, -0.05) is 36.6 Å². The Morgan fingerprint density at radius 3 is 2.74 bits per heavy atom. The molecule has 0 radical (unpaired) electrons. The van der Waals surface area contributed by atoms with E-state index in [2.05, 4.69) is 0 Å². The Labute approximate surface area is 144 Å². The Hall–Kier alpha value is -1.25. The average molecular weight is 359 g/mol. The predicted molar refractivity (Wildman–Crippen MR) is 88.9 cm³/mol. The van der Waals surface area contributed by atoms with Crippen LogP contribution in [0.25, 0.3) is 6.08 Å². The minimum Gasteiger partial charge on any atom is -0.370 e. The van der Waals surface area contributed by atoms with Crippen molar-refractivity contribution in [2.24, 2.45) is 0 Å². The number of hydrogen-bond acceptors (Lipinski definition) is 6. The first-order valence-corrected chi connectivity index (χ1v) is 8.49. The fraction of sp³-hybridized carbons (Fsp3) is 0.400. The Morgan fingerprint density at radius 1 is 1.26 bits per heavy atom. The fourth-order valence-corrected chi connectivity index (χ4v) is 2.66. The van der Waals surface area contributed by atoms with Crippen LogP contribution in [0.2, 0.25) is 5.02 Å². The molecule has 0 aromatic heterocycles. The quantitative estimate of drug-likeness (QED) is 0.317. The lowest BCUT2D eigenvalue weighted by Crippen LogP contribution is -2.18. The minimum atomic E-state index is -0.343. The largest absolute Gasteiger partial charge is 0.370 e.